The number of likely N-dealkylation sites (tertiary alicyclic amines) is 1. The Morgan fingerprint density at radius 3 is 1.52 bits per heavy atom. The van der Waals surface area contributed by atoms with E-state index in [1.807, 2.05) is 21.6 Å². The summed E-state index contributed by atoms with van der Waals surface area (Å²) in [6.45, 7) is 8.97. The lowest BCUT2D eigenvalue weighted by Gasteiger charge is -2.18. The summed E-state index contributed by atoms with van der Waals surface area (Å²) in [6, 6.07) is 0. The van der Waals surface area contributed by atoms with Crippen LogP contribution >= 0.6 is 21.6 Å². The molecule has 1 rings (SSSR count). The second kappa shape index (κ2) is 19.6. The van der Waals surface area contributed by atoms with Gasteiger partial charge in [-0.1, -0.05) is 121 Å². The van der Waals surface area contributed by atoms with Gasteiger partial charge in [0.05, 0.1) is 5.03 Å². The van der Waals surface area contributed by atoms with E-state index in [0.717, 1.165) is 0 Å². The molecule has 0 N–H and O–H groups in total. The topological polar surface area (TPSA) is 3.24 Å². The summed E-state index contributed by atoms with van der Waals surface area (Å²) in [5, 5.41) is 1.29. The molecule has 160 valence electrons. The van der Waals surface area contributed by atoms with Crippen LogP contribution in [-0.2, 0) is 0 Å². The van der Waals surface area contributed by atoms with Crippen molar-refractivity contribution in [3.8, 4) is 0 Å². The molecule has 0 bridgehead atoms. The smallest absolute Gasteiger partial charge is 0.0742 e. The zero-order valence-corrected chi connectivity index (χ0v) is 20.0. The van der Waals surface area contributed by atoms with Crippen LogP contribution in [0.25, 0.3) is 0 Å². The van der Waals surface area contributed by atoms with E-state index in [-0.39, 0.29) is 0 Å². The van der Waals surface area contributed by atoms with Crippen molar-refractivity contribution in [1.29, 1.82) is 0 Å². The van der Waals surface area contributed by atoms with Crippen molar-refractivity contribution >= 4 is 21.6 Å². The number of nitrogens with zero attached hydrogens (tertiary/aromatic N) is 1. The minimum Gasteiger partial charge on any atom is -0.366 e. The van der Waals surface area contributed by atoms with Gasteiger partial charge in [0.1, 0.15) is 0 Å². The van der Waals surface area contributed by atoms with Gasteiger partial charge in [0, 0.05) is 18.8 Å². The van der Waals surface area contributed by atoms with Gasteiger partial charge in [-0.15, -0.1) is 0 Å². The highest BCUT2D eigenvalue weighted by Gasteiger charge is 2.13. The molecule has 27 heavy (non-hydrogen) atoms. The summed E-state index contributed by atoms with van der Waals surface area (Å²) in [7, 11) is 3.92. The van der Waals surface area contributed by atoms with Crippen molar-refractivity contribution in [1.82, 2.24) is 4.90 Å². The monoisotopic (exact) mass is 413 g/mol. The Labute approximate surface area is 179 Å². The fourth-order valence-electron chi connectivity index (χ4n) is 3.84. The quantitative estimate of drug-likeness (QED) is 0.145. The number of hydrogen-bond acceptors (Lipinski definition) is 3. The van der Waals surface area contributed by atoms with Crippen LogP contribution in [0.3, 0.4) is 0 Å². The molecule has 0 unspecified atom stereocenters. The lowest BCUT2D eigenvalue weighted by Crippen LogP contribution is -2.14. The van der Waals surface area contributed by atoms with Crippen LogP contribution in [0.4, 0.5) is 0 Å². The van der Waals surface area contributed by atoms with Crippen LogP contribution in [0.5, 0.6) is 0 Å². The Hall–Kier alpha value is 0.240. The highest BCUT2D eigenvalue weighted by atomic mass is 33.1. The van der Waals surface area contributed by atoms with Crippen molar-refractivity contribution in [2.75, 3.05) is 18.8 Å². The molecule has 1 aliphatic heterocycles. The largest absolute Gasteiger partial charge is 0.366 e. The lowest BCUT2D eigenvalue weighted by atomic mass is 10.0. The van der Waals surface area contributed by atoms with Gasteiger partial charge >= 0.3 is 0 Å². The highest BCUT2D eigenvalue weighted by molar-refractivity contribution is 8.78. The van der Waals surface area contributed by atoms with Crippen molar-refractivity contribution in [3.63, 3.8) is 0 Å². The van der Waals surface area contributed by atoms with Crippen molar-refractivity contribution < 1.29 is 0 Å². The standard InChI is InChI=1S/C24H47NS2/c1-3-4-5-6-7-8-9-10-11-12-13-14-15-16-17-20-23-26-27-24(2)25-21-18-19-22-25/h2-23H2,1H3. The van der Waals surface area contributed by atoms with Gasteiger partial charge in [0.15, 0.2) is 0 Å². The third-order valence-corrected chi connectivity index (χ3v) is 8.15. The Bertz CT molecular complexity index is 326. The molecule has 3 heteroatoms. The van der Waals surface area contributed by atoms with E-state index in [4.69, 9.17) is 0 Å². The van der Waals surface area contributed by atoms with Crippen molar-refractivity contribution in [2.45, 2.75) is 122 Å². The molecule has 0 radical (unpaired) electrons. The van der Waals surface area contributed by atoms with Gasteiger partial charge in [-0.05, 0) is 30.1 Å². The second-order valence-electron chi connectivity index (χ2n) is 8.30. The van der Waals surface area contributed by atoms with Gasteiger partial charge in [0.25, 0.3) is 0 Å². The van der Waals surface area contributed by atoms with E-state index in [9.17, 15) is 0 Å². The molecule has 0 aliphatic carbocycles. The normalized spacial score (nSPS) is 14.2. The molecule has 1 fully saturated rings. The Morgan fingerprint density at radius 2 is 1.07 bits per heavy atom. The number of hydrogen-bond donors (Lipinski definition) is 0. The van der Waals surface area contributed by atoms with Crippen LogP contribution in [0.1, 0.15) is 122 Å². The predicted molar refractivity (Wildman–Crippen MR) is 130 cm³/mol. The first kappa shape index (κ1) is 25.3. The maximum atomic E-state index is 4.22. The van der Waals surface area contributed by atoms with E-state index in [1.165, 1.54) is 139 Å². The molecular formula is C24H47NS2. The first-order chi connectivity index (χ1) is 13.3. The zero-order chi connectivity index (χ0) is 19.4. The van der Waals surface area contributed by atoms with E-state index in [0.29, 0.717) is 0 Å². The summed E-state index contributed by atoms with van der Waals surface area (Å²) in [5.41, 5.74) is 0. The molecule has 0 aromatic rings. The van der Waals surface area contributed by atoms with Crippen LogP contribution in [0.15, 0.2) is 11.6 Å². The van der Waals surface area contributed by atoms with Crippen molar-refractivity contribution in [3.05, 3.63) is 11.6 Å². The van der Waals surface area contributed by atoms with Gasteiger partial charge in [-0.3, -0.25) is 0 Å². The van der Waals surface area contributed by atoms with E-state index in [1.54, 1.807) is 0 Å². The molecule has 0 aromatic heterocycles. The molecule has 1 heterocycles. The fourth-order valence-corrected chi connectivity index (χ4v) is 6.00. The molecule has 0 spiro atoms. The van der Waals surface area contributed by atoms with Crippen molar-refractivity contribution in [2.24, 2.45) is 0 Å². The van der Waals surface area contributed by atoms with Crippen LogP contribution in [0, 0.1) is 0 Å². The summed E-state index contributed by atoms with van der Waals surface area (Å²) in [5.74, 6) is 1.29. The maximum Gasteiger partial charge on any atom is 0.0742 e. The fraction of sp³-hybridized carbons (Fsp3) is 0.917. The predicted octanol–water partition coefficient (Wildman–Crippen LogP) is 9.20. The molecule has 0 atom stereocenters. The SMILES string of the molecule is C=C(SSCCCCCCCCCCCCCCCCCC)N1CCCC1. The van der Waals surface area contributed by atoms with E-state index < -0.39 is 0 Å². The van der Waals surface area contributed by atoms with Crippen LogP contribution in [0.2, 0.25) is 0 Å². The molecular weight excluding hydrogens is 366 g/mol. The third-order valence-electron chi connectivity index (χ3n) is 5.70. The zero-order valence-electron chi connectivity index (χ0n) is 18.3. The Morgan fingerprint density at radius 1 is 0.667 bits per heavy atom. The molecule has 1 nitrogen and oxygen atoms in total. The summed E-state index contributed by atoms with van der Waals surface area (Å²) in [4.78, 5) is 2.45. The minimum absolute atomic E-state index is 1.23. The second-order valence-corrected chi connectivity index (χ2v) is 10.8. The molecule has 1 aliphatic rings. The molecule has 0 saturated carbocycles. The van der Waals surface area contributed by atoms with E-state index in [2.05, 4.69) is 18.4 Å². The van der Waals surface area contributed by atoms with Gasteiger partial charge < -0.3 is 4.90 Å². The molecule has 0 amide bonds. The first-order valence-electron chi connectivity index (χ1n) is 12.1. The van der Waals surface area contributed by atoms with Gasteiger partial charge in [-0.2, -0.15) is 0 Å². The lowest BCUT2D eigenvalue weighted by molar-refractivity contribution is 0.459. The minimum atomic E-state index is 1.23. The maximum absolute atomic E-state index is 4.22. The van der Waals surface area contributed by atoms with Gasteiger partial charge in [0.2, 0.25) is 0 Å². The van der Waals surface area contributed by atoms with E-state index >= 15 is 0 Å². The highest BCUT2D eigenvalue weighted by Crippen LogP contribution is 2.33. The Kier molecular flexibility index (Phi) is 18.3. The average molecular weight is 414 g/mol. The van der Waals surface area contributed by atoms with Crippen LogP contribution < -0.4 is 0 Å². The summed E-state index contributed by atoms with van der Waals surface area (Å²) >= 11 is 0. The molecule has 0 aromatic carbocycles. The average Bonchev–Trinajstić information content (AvgIpc) is 3.22. The van der Waals surface area contributed by atoms with Crippen LogP contribution in [-0.4, -0.2) is 23.7 Å². The molecule has 1 saturated heterocycles. The Balaban J connectivity index is 1.68. The summed E-state index contributed by atoms with van der Waals surface area (Å²) < 4.78 is 0. The third kappa shape index (κ3) is 15.8. The number of unbranched alkanes of at least 4 members (excludes halogenated alkanes) is 15. The number of rotatable bonds is 20. The van der Waals surface area contributed by atoms with Gasteiger partial charge in [-0.25, -0.2) is 0 Å². The summed E-state index contributed by atoms with van der Waals surface area (Å²) in [6.07, 6.45) is 25.9. The first-order valence-corrected chi connectivity index (χ1v) is 14.4.